The highest BCUT2D eigenvalue weighted by molar-refractivity contribution is 6.30. The smallest absolute Gasteiger partial charge is 0.286 e. The quantitative estimate of drug-likeness (QED) is 0.637. The summed E-state index contributed by atoms with van der Waals surface area (Å²) in [4.78, 5) is 13.1. The summed E-state index contributed by atoms with van der Waals surface area (Å²) in [7, 11) is 0. The molecule has 164 valence electrons. The number of nitrogens with one attached hydrogen (secondary N) is 1. The Labute approximate surface area is 183 Å². The van der Waals surface area contributed by atoms with E-state index in [0.29, 0.717) is 29.7 Å². The monoisotopic (exact) mass is 433 g/mol. The van der Waals surface area contributed by atoms with Gasteiger partial charge in [-0.25, -0.2) is 0 Å². The highest BCUT2D eigenvalue weighted by Gasteiger charge is 2.42. The van der Waals surface area contributed by atoms with Gasteiger partial charge in [0, 0.05) is 36.1 Å². The van der Waals surface area contributed by atoms with Gasteiger partial charge in [-0.1, -0.05) is 30.2 Å². The lowest BCUT2D eigenvalue weighted by atomic mass is 9.80. The summed E-state index contributed by atoms with van der Waals surface area (Å²) < 4.78 is 12.0. The molecule has 0 aromatic heterocycles. The molecule has 1 aromatic carbocycles. The molecule has 2 saturated carbocycles. The van der Waals surface area contributed by atoms with Crippen molar-refractivity contribution in [2.75, 3.05) is 13.2 Å². The van der Waals surface area contributed by atoms with E-state index in [9.17, 15) is 9.90 Å². The summed E-state index contributed by atoms with van der Waals surface area (Å²) in [6.45, 7) is 2.54. The molecule has 1 amide bonds. The Balaban J connectivity index is 1.58. The van der Waals surface area contributed by atoms with Crippen molar-refractivity contribution >= 4 is 17.5 Å². The van der Waals surface area contributed by atoms with Gasteiger partial charge < -0.3 is 19.9 Å². The Morgan fingerprint density at radius 1 is 1.27 bits per heavy atom. The van der Waals surface area contributed by atoms with Crippen LogP contribution in [0.25, 0.3) is 0 Å². The number of carbonyl (C=O) groups is 1. The Bertz CT molecular complexity index is 765. The summed E-state index contributed by atoms with van der Waals surface area (Å²) in [6, 6.07) is 7.99. The summed E-state index contributed by atoms with van der Waals surface area (Å²) in [6.07, 6.45) is 7.65. The molecule has 3 unspecified atom stereocenters. The fourth-order valence-electron chi connectivity index (χ4n) is 5.49. The molecule has 0 saturated heterocycles. The van der Waals surface area contributed by atoms with E-state index in [-0.39, 0.29) is 30.4 Å². The van der Waals surface area contributed by atoms with Crippen LogP contribution in [0.4, 0.5) is 0 Å². The number of rotatable bonds is 8. The molecule has 1 heterocycles. The number of halogens is 1. The number of aliphatic hydroxyl groups excluding tert-OH is 1. The lowest BCUT2D eigenvalue weighted by molar-refractivity contribution is -0.167. The van der Waals surface area contributed by atoms with Crippen LogP contribution in [-0.4, -0.2) is 36.6 Å². The van der Waals surface area contributed by atoms with Gasteiger partial charge in [0.25, 0.3) is 5.91 Å². The van der Waals surface area contributed by atoms with Gasteiger partial charge in [-0.05, 0) is 74.6 Å². The van der Waals surface area contributed by atoms with Gasteiger partial charge in [-0.15, -0.1) is 0 Å². The van der Waals surface area contributed by atoms with Crippen LogP contribution >= 0.6 is 11.6 Å². The van der Waals surface area contributed by atoms with Gasteiger partial charge in [-0.3, -0.25) is 4.79 Å². The number of allylic oxidation sites excluding steroid dienone is 1. The molecule has 3 aliphatic rings. The fourth-order valence-corrected chi connectivity index (χ4v) is 5.62. The standard InChI is InChI=1S/C24H32ClNO4/c1-2-29-24-19(4-3-11-27)20(16-7-9-18(25)10-8-16)14-22(30-24)23(28)26-21-13-15-5-6-17(21)12-15/h7-10,14-15,17,19-21,24,27H,2-6,11-13H2,1H3,(H,26,28)/t15?,17?,19-,20-,21?,24-/m0/s1. The number of fused-ring (bicyclic) bond motifs is 2. The molecule has 2 N–H and O–H groups in total. The Morgan fingerprint density at radius 2 is 2.07 bits per heavy atom. The minimum atomic E-state index is -0.520. The molecule has 1 aliphatic heterocycles. The van der Waals surface area contributed by atoms with E-state index in [1.165, 1.54) is 19.3 Å². The first-order chi connectivity index (χ1) is 14.6. The summed E-state index contributed by atoms with van der Waals surface area (Å²) in [5, 5.41) is 13.3. The van der Waals surface area contributed by atoms with E-state index in [0.717, 1.165) is 24.3 Å². The first-order valence-electron chi connectivity index (χ1n) is 11.3. The largest absolute Gasteiger partial charge is 0.459 e. The predicted molar refractivity (Wildman–Crippen MR) is 116 cm³/mol. The van der Waals surface area contributed by atoms with E-state index in [1.807, 2.05) is 37.3 Å². The fraction of sp³-hybridized carbons (Fsp3) is 0.625. The molecular weight excluding hydrogens is 402 g/mol. The van der Waals surface area contributed by atoms with Crippen molar-refractivity contribution in [3.63, 3.8) is 0 Å². The lowest BCUT2D eigenvalue weighted by Gasteiger charge is -2.37. The topological polar surface area (TPSA) is 67.8 Å². The summed E-state index contributed by atoms with van der Waals surface area (Å²) >= 11 is 6.09. The highest BCUT2D eigenvalue weighted by Crippen LogP contribution is 2.45. The van der Waals surface area contributed by atoms with Gasteiger partial charge in [0.1, 0.15) is 0 Å². The van der Waals surface area contributed by atoms with Crippen LogP contribution in [0.5, 0.6) is 0 Å². The first kappa shape index (κ1) is 21.7. The maximum atomic E-state index is 13.1. The van der Waals surface area contributed by atoms with Crippen LogP contribution in [0.3, 0.4) is 0 Å². The Morgan fingerprint density at radius 3 is 2.70 bits per heavy atom. The number of benzene rings is 1. The van der Waals surface area contributed by atoms with Crippen LogP contribution in [0.1, 0.15) is 56.9 Å². The second-order valence-electron chi connectivity index (χ2n) is 8.83. The van der Waals surface area contributed by atoms with Gasteiger partial charge in [-0.2, -0.15) is 0 Å². The zero-order chi connectivity index (χ0) is 21.1. The summed E-state index contributed by atoms with van der Waals surface area (Å²) in [5.41, 5.74) is 1.07. The van der Waals surface area contributed by atoms with E-state index < -0.39 is 6.29 Å². The van der Waals surface area contributed by atoms with Crippen LogP contribution in [0.2, 0.25) is 5.02 Å². The average Bonchev–Trinajstić information content (AvgIpc) is 3.36. The minimum absolute atomic E-state index is 0.0114. The first-order valence-corrected chi connectivity index (χ1v) is 11.6. The second-order valence-corrected chi connectivity index (χ2v) is 9.27. The highest BCUT2D eigenvalue weighted by atomic mass is 35.5. The molecule has 2 bridgehead atoms. The van der Waals surface area contributed by atoms with Crippen LogP contribution in [-0.2, 0) is 14.3 Å². The van der Waals surface area contributed by atoms with Gasteiger partial charge >= 0.3 is 0 Å². The van der Waals surface area contributed by atoms with Crippen molar-refractivity contribution < 1.29 is 19.4 Å². The molecule has 0 radical (unpaired) electrons. The molecular formula is C24H32ClNO4. The number of amides is 1. The molecule has 4 rings (SSSR count). The zero-order valence-electron chi connectivity index (χ0n) is 17.6. The molecule has 6 atom stereocenters. The van der Waals surface area contributed by atoms with Crippen molar-refractivity contribution in [1.82, 2.24) is 5.32 Å². The number of carbonyl (C=O) groups excluding carboxylic acids is 1. The molecule has 6 heteroatoms. The maximum Gasteiger partial charge on any atom is 0.286 e. The van der Waals surface area contributed by atoms with Crippen molar-refractivity contribution in [2.24, 2.45) is 17.8 Å². The van der Waals surface area contributed by atoms with Crippen LogP contribution < -0.4 is 5.32 Å². The van der Waals surface area contributed by atoms with Crippen LogP contribution in [0, 0.1) is 17.8 Å². The molecule has 2 aliphatic carbocycles. The molecule has 0 spiro atoms. The average molecular weight is 434 g/mol. The Kier molecular flexibility index (Phi) is 7.01. The SMILES string of the molecule is CCO[C@H]1OC(C(=O)NC2CC3CCC2C3)=C[C@@H](c2ccc(Cl)cc2)[C@@H]1CCCO. The molecule has 1 aromatic rings. The van der Waals surface area contributed by atoms with E-state index >= 15 is 0 Å². The normalized spacial score (nSPS) is 32.6. The molecule has 5 nitrogen and oxygen atoms in total. The third-order valence-corrected chi connectivity index (χ3v) is 7.20. The molecule has 30 heavy (non-hydrogen) atoms. The zero-order valence-corrected chi connectivity index (χ0v) is 18.3. The van der Waals surface area contributed by atoms with Gasteiger partial charge in [0.2, 0.25) is 6.29 Å². The number of hydrogen-bond donors (Lipinski definition) is 2. The van der Waals surface area contributed by atoms with E-state index in [4.69, 9.17) is 21.1 Å². The van der Waals surface area contributed by atoms with E-state index in [2.05, 4.69) is 5.32 Å². The number of aliphatic hydroxyl groups is 1. The third-order valence-electron chi connectivity index (χ3n) is 6.94. The summed E-state index contributed by atoms with van der Waals surface area (Å²) in [5.74, 6) is 1.54. The van der Waals surface area contributed by atoms with Crippen molar-refractivity contribution in [1.29, 1.82) is 0 Å². The van der Waals surface area contributed by atoms with Crippen molar-refractivity contribution in [3.8, 4) is 0 Å². The number of ether oxygens (including phenoxy) is 2. The lowest BCUT2D eigenvalue weighted by Crippen LogP contribution is -2.43. The molecule has 2 fully saturated rings. The maximum absolute atomic E-state index is 13.1. The second kappa shape index (κ2) is 9.71. The van der Waals surface area contributed by atoms with Gasteiger partial charge in [0.15, 0.2) is 5.76 Å². The Hall–Kier alpha value is -1.56. The minimum Gasteiger partial charge on any atom is -0.459 e. The van der Waals surface area contributed by atoms with Crippen LogP contribution in [0.15, 0.2) is 36.1 Å². The number of hydrogen-bond acceptors (Lipinski definition) is 4. The predicted octanol–water partition coefficient (Wildman–Crippen LogP) is 4.39. The van der Waals surface area contributed by atoms with Crippen molar-refractivity contribution in [2.45, 2.75) is 63.7 Å². The van der Waals surface area contributed by atoms with Crippen molar-refractivity contribution in [3.05, 3.63) is 46.7 Å². The third kappa shape index (κ3) is 4.68. The van der Waals surface area contributed by atoms with E-state index in [1.54, 1.807) is 0 Å². The van der Waals surface area contributed by atoms with Gasteiger partial charge in [0.05, 0.1) is 0 Å².